The molecule has 32 heavy (non-hydrogen) atoms. The first-order valence-electron chi connectivity index (χ1n) is 9.61. The summed E-state index contributed by atoms with van der Waals surface area (Å²) in [6.07, 6.45) is 0. The molecule has 0 spiro atoms. The highest BCUT2D eigenvalue weighted by Crippen LogP contribution is 2.33. The van der Waals surface area contributed by atoms with Gasteiger partial charge in [0.2, 0.25) is 0 Å². The van der Waals surface area contributed by atoms with Crippen molar-refractivity contribution in [2.45, 2.75) is 13.0 Å². The largest absolute Gasteiger partial charge is 0.464 e. The zero-order valence-corrected chi connectivity index (χ0v) is 18.3. The second kappa shape index (κ2) is 10.1. The van der Waals surface area contributed by atoms with E-state index in [1.54, 1.807) is 49.4 Å². The normalized spacial score (nSPS) is 11.7. The quantitative estimate of drug-likeness (QED) is 0.415. The lowest BCUT2D eigenvalue weighted by Crippen LogP contribution is -2.44. The molecule has 1 aromatic carbocycles. The van der Waals surface area contributed by atoms with Crippen molar-refractivity contribution in [3.8, 4) is 0 Å². The molecule has 2 heterocycles. The number of ether oxygens (including phenoxy) is 1. The van der Waals surface area contributed by atoms with Crippen molar-refractivity contribution in [2.75, 3.05) is 30.9 Å². The molecule has 0 bridgehead atoms. The molecule has 3 rings (SSSR count). The number of furan rings is 1. The van der Waals surface area contributed by atoms with E-state index in [9.17, 15) is 14.4 Å². The number of carbonyl (C=O) groups is 3. The number of amides is 3. The van der Waals surface area contributed by atoms with Gasteiger partial charge in [-0.1, -0.05) is 18.2 Å². The molecule has 3 aromatic rings. The first-order valence-corrected chi connectivity index (χ1v) is 10.4. The number of hydrogen-bond acceptors (Lipinski definition) is 8. The zero-order chi connectivity index (χ0) is 23.3. The van der Waals surface area contributed by atoms with E-state index in [1.165, 1.54) is 12.0 Å². The van der Waals surface area contributed by atoms with Gasteiger partial charge in [-0.3, -0.25) is 19.3 Å². The maximum Gasteiger partial charge on any atom is 0.273 e. The molecule has 0 unspecified atom stereocenters. The van der Waals surface area contributed by atoms with E-state index in [0.29, 0.717) is 18.1 Å². The third-order valence-corrected chi connectivity index (χ3v) is 5.40. The Morgan fingerprint density at radius 1 is 1.22 bits per heavy atom. The highest BCUT2D eigenvalue weighted by molar-refractivity contribution is 7.09. The fourth-order valence-electron chi connectivity index (χ4n) is 3.06. The molecule has 0 radical (unpaired) electrons. The van der Waals surface area contributed by atoms with E-state index in [4.69, 9.17) is 20.6 Å². The van der Waals surface area contributed by atoms with Crippen LogP contribution in [-0.2, 0) is 9.53 Å². The minimum atomic E-state index is -1.16. The van der Waals surface area contributed by atoms with Gasteiger partial charge in [0.15, 0.2) is 11.7 Å². The number of para-hydroxylation sites is 1. The Balaban J connectivity index is 2.12. The number of methoxy groups -OCH3 is 1. The summed E-state index contributed by atoms with van der Waals surface area (Å²) in [5, 5.41) is 2.75. The van der Waals surface area contributed by atoms with Gasteiger partial charge in [-0.25, -0.2) is 0 Å². The van der Waals surface area contributed by atoms with E-state index >= 15 is 0 Å². The number of aromatic nitrogens is 1. The van der Waals surface area contributed by atoms with Crippen molar-refractivity contribution < 1.29 is 23.5 Å². The number of benzene rings is 1. The van der Waals surface area contributed by atoms with Gasteiger partial charge in [0.1, 0.15) is 16.4 Å². The van der Waals surface area contributed by atoms with E-state index < -0.39 is 23.8 Å². The van der Waals surface area contributed by atoms with Gasteiger partial charge in [0.05, 0.1) is 12.3 Å². The van der Waals surface area contributed by atoms with Crippen LogP contribution in [0.25, 0.3) is 0 Å². The zero-order valence-electron chi connectivity index (χ0n) is 17.5. The molecule has 168 valence electrons. The number of nitrogen functional groups attached to an aromatic ring is 1. The molecule has 10 nitrogen and oxygen atoms in total. The summed E-state index contributed by atoms with van der Waals surface area (Å²) in [4.78, 5) is 39.7. The number of aryl methyl sites for hydroxylation is 1. The number of nitrogens with two attached hydrogens (primary N) is 2. The Kier molecular flexibility index (Phi) is 7.23. The molecule has 1 atom stereocenters. The first-order chi connectivity index (χ1) is 15.3. The molecule has 0 aliphatic rings. The van der Waals surface area contributed by atoms with Crippen LogP contribution in [0.5, 0.6) is 0 Å². The number of carbonyl (C=O) groups excluding carboxylic acids is 3. The number of primary amides is 1. The van der Waals surface area contributed by atoms with Crippen molar-refractivity contribution >= 4 is 40.6 Å². The fraction of sp³-hybridized carbons (Fsp3) is 0.238. The molecule has 0 saturated heterocycles. The highest BCUT2D eigenvalue weighted by Gasteiger charge is 2.37. The summed E-state index contributed by atoms with van der Waals surface area (Å²) in [6.45, 7) is 2.26. The lowest BCUT2D eigenvalue weighted by atomic mass is 10.1. The average molecular weight is 458 g/mol. The number of hydrogen-bond donors (Lipinski definition) is 3. The maximum absolute atomic E-state index is 13.7. The summed E-state index contributed by atoms with van der Waals surface area (Å²) in [7, 11) is 1.52. The Hall–Kier alpha value is -3.70. The van der Waals surface area contributed by atoms with Gasteiger partial charge in [-0.2, -0.15) is 4.37 Å². The van der Waals surface area contributed by atoms with Gasteiger partial charge in [-0.15, -0.1) is 0 Å². The summed E-state index contributed by atoms with van der Waals surface area (Å²) in [5.74, 6) is -1.12. The van der Waals surface area contributed by atoms with Crippen molar-refractivity contribution in [3.05, 3.63) is 64.6 Å². The molecule has 3 amide bonds. The topological polar surface area (TPSA) is 154 Å². The number of rotatable bonds is 9. The van der Waals surface area contributed by atoms with Crippen LogP contribution in [0.3, 0.4) is 0 Å². The Morgan fingerprint density at radius 2 is 1.94 bits per heavy atom. The second-order valence-corrected chi connectivity index (χ2v) is 7.56. The summed E-state index contributed by atoms with van der Waals surface area (Å²) in [5.41, 5.74) is 11.4. The summed E-state index contributed by atoms with van der Waals surface area (Å²) >= 11 is 0.737. The van der Waals surface area contributed by atoms with E-state index in [2.05, 4.69) is 9.69 Å². The SMILES string of the molecule is COCCNC(=O)[C@@H](c1ccc(C)o1)N(C(=O)c1snc(C(N)=O)c1N)c1ccccc1. The van der Waals surface area contributed by atoms with Gasteiger partial charge < -0.3 is 25.9 Å². The maximum atomic E-state index is 13.7. The Morgan fingerprint density at radius 3 is 2.50 bits per heavy atom. The van der Waals surface area contributed by atoms with Crippen LogP contribution in [0.1, 0.15) is 37.7 Å². The van der Waals surface area contributed by atoms with Crippen molar-refractivity contribution in [1.29, 1.82) is 0 Å². The minimum Gasteiger partial charge on any atom is -0.464 e. The van der Waals surface area contributed by atoms with E-state index in [-0.39, 0.29) is 28.6 Å². The van der Waals surface area contributed by atoms with Crippen LogP contribution in [0.2, 0.25) is 0 Å². The highest BCUT2D eigenvalue weighted by atomic mass is 32.1. The smallest absolute Gasteiger partial charge is 0.273 e. The number of nitrogens with one attached hydrogen (secondary N) is 1. The molecular formula is C21H23N5O5S. The monoisotopic (exact) mass is 457 g/mol. The predicted octanol–water partition coefficient (Wildman–Crippen LogP) is 1.88. The molecular weight excluding hydrogens is 434 g/mol. The molecule has 0 fully saturated rings. The second-order valence-electron chi connectivity index (χ2n) is 6.78. The van der Waals surface area contributed by atoms with Crippen LogP contribution < -0.4 is 21.7 Å². The van der Waals surface area contributed by atoms with Crippen LogP contribution >= 0.6 is 11.5 Å². The van der Waals surface area contributed by atoms with E-state index in [1.807, 2.05) is 0 Å². The molecule has 0 saturated carbocycles. The molecule has 0 aliphatic carbocycles. The lowest BCUT2D eigenvalue weighted by molar-refractivity contribution is -0.123. The first kappa shape index (κ1) is 23.0. The standard InChI is InChI=1S/C21H23N5O5S/c1-12-8-9-14(31-12)17(20(28)24-10-11-30-2)26(13-6-4-3-5-7-13)21(29)18-15(22)16(19(23)27)25-32-18/h3-9,17H,10-11,22H2,1-2H3,(H2,23,27)(H,24,28)/t17-/m1/s1. The van der Waals surface area contributed by atoms with Crippen molar-refractivity contribution in [1.82, 2.24) is 9.69 Å². The predicted molar refractivity (Wildman–Crippen MR) is 119 cm³/mol. The molecule has 2 aromatic heterocycles. The van der Waals surface area contributed by atoms with Gasteiger partial charge in [-0.05, 0) is 42.7 Å². The van der Waals surface area contributed by atoms with Crippen LogP contribution in [0.4, 0.5) is 11.4 Å². The number of anilines is 2. The van der Waals surface area contributed by atoms with Crippen molar-refractivity contribution in [3.63, 3.8) is 0 Å². The third kappa shape index (κ3) is 4.79. The van der Waals surface area contributed by atoms with Gasteiger partial charge in [0, 0.05) is 19.3 Å². The van der Waals surface area contributed by atoms with Crippen molar-refractivity contribution in [2.24, 2.45) is 5.73 Å². The Bertz CT molecular complexity index is 1110. The van der Waals surface area contributed by atoms with Crippen LogP contribution in [0, 0.1) is 6.92 Å². The average Bonchev–Trinajstić information content (AvgIpc) is 3.37. The van der Waals surface area contributed by atoms with E-state index in [0.717, 1.165) is 11.5 Å². The third-order valence-electron chi connectivity index (χ3n) is 4.55. The molecule has 11 heteroatoms. The number of nitrogens with zero attached hydrogens (tertiary/aromatic N) is 2. The lowest BCUT2D eigenvalue weighted by Gasteiger charge is -2.29. The molecule has 0 aliphatic heterocycles. The minimum absolute atomic E-state index is 0.0133. The van der Waals surface area contributed by atoms with Gasteiger partial charge >= 0.3 is 0 Å². The molecule has 5 N–H and O–H groups in total. The Labute approximate surface area is 188 Å². The van der Waals surface area contributed by atoms with Gasteiger partial charge in [0.25, 0.3) is 17.7 Å². The summed E-state index contributed by atoms with van der Waals surface area (Å²) in [6, 6.07) is 10.8. The summed E-state index contributed by atoms with van der Waals surface area (Å²) < 4.78 is 14.6. The van der Waals surface area contributed by atoms with Crippen LogP contribution in [-0.4, -0.2) is 42.4 Å². The van der Waals surface area contributed by atoms with Crippen LogP contribution in [0.15, 0.2) is 46.9 Å². The fourth-order valence-corrected chi connectivity index (χ4v) is 3.80.